The fourth-order valence-corrected chi connectivity index (χ4v) is 2.42. The van der Waals surface area contributed by atoms with Crippen molar-refractivity contribution in [2.24, 2.45) is 0 Å². The largest absolute Gasteiger partial charge is 0.367 e. The standard InChI is InChI=1S/C11H12BrN3O/c1-11(3-2-4-16-11)10-14-8-5-7(12)6-13-9(8)15-10/h5-6H,2-4H2,1H3,(H,13,14,15). The van der Waals surface area contributed by atoms with Gasteiger partial charge in [0.25, 0.3) is 0 Å². The summed E-state index contributed by atoms with van der Waals surface area (Å²) in [5, 5.41) is 0. The van der Waals surface area contributed by atoms with E-state index >= 15 is 0 Å². The van der Waals surface area contributed by atoms with E-state index in [1.54, 1.807) is 6.20 Å². The van der Waals surface area contributed by atoms with Crippen molar-refractivity contribution < 1.29 is 4.74 Å². The Hall–Kier alpha value is -0.940. The number of imidazole rings is 1. The van der Waals surface area contributed by atoms with Crippen molar-refractivity contribution in [3.05, 3.63) is 22.6 Å². The molecule has 0 aromatic carbocycles. The zero-order valence-corrected chi connectivity index (χ0v) is 10.5. The van der Waals surface area contributed by atoms with E-state index in [9.17, 15) is 0 Å². The van der Waals surface area contributed by atoms with E-state index in [-0.39, 0.29) is 5.60 Å². The number of nitrogens with one attached hydrogen (secondary N) is 1. The second-order valence-electron chi connectivity index (χ2n) is 4.29. The minimum absolute atomic E-state index is 0.271. The van der Waals surface area contributed by atoms with Crippen molar-refractivity contribution >= 4 is 27.1 Å². The zero-order valence-electron chi connectivity index (χ0n) is 8.96. The molecule has 16 heavy (non-hydrogen) atoms. The zero-order chi connectivity index (χ0) is 11.2. The van der Waals surface area contributed by atoms with E-state index in [0.29, 0.717) is 0 Å². The SMILES string of the molecule is CC1(c2nc3ncc(Br)cc3[nH]2)CCCO1. The molecule has 84 valence electrons. The van der Waals surface area contributed by atoms with Gasteiger partial charge in [0.15, 0.2) is 5.65 Å². The predicted octanol–water partition coefficient (Wildman–Crippen LogP) is 2.75. The first-order chi connectivity index (χ1) is 7.67. The average molecular weight is 282 g/mol. The molecule has 5 heteroatoms. The predicted molar refractivity (Wildman–Crippen MR) is 64.1 cm³/mol. The van der Waals surface area contributed by atoms with E-state index in [1.807, 2.05) is 6.07 Å². The van der Waals surface area contributed by atoms with Gasteiger partial charge in [-0.15, -0.1) is 0 Å². The molecule has 1 aliphatic heterocycles. The molecule has 1 unspecified atom stereocenters. The first-order valence-corrected chi connectivity index (χ1v) is 6.12. The number of fused-ring (bicyclic) bond motifs is 1. The van der Waals surface area contributed by atoms with Crippen LogP contribution in [0.3, 0.4) is 0 Å². The van der Waals surface area contributed by atoms with Crippen LogP contribution < -0.4 is 0 Å². The molecule has 2 aromatic rings. The molecule has 1 aliphatic rings. The normalized spacial score (nSPS) is 25.4. The van der Waals surface area contributed by atoms with Crippen LogP contribution in [0.2, 0.25) is 0 Å². The molecule has 3 rings (SSSR count). The van der Waals surface area contributed by atoms with Crippen molar-refractivity contribution in [1.29, 1.82) is 0 Å². The molecule has 1 atom stereocenters. The molecule has 0 radical (unpaired) electrons. The third-order valence-corrected chi connectivity index (χ3v) is 3.46. The summed E-state index contributed by atoms with van der Waals surface area (Å²) in [5.41, 5.74) is 1.42. The van der Waals surface area contributed by atoms with Crippen LogP contribution in [0.15, 0.2) is 16.7 Å². The Labute approximate surface area is 102 Å². The number of pyridine rings is 1. The van der Waals surface area contributed by atoms with E-state index < -0.39 is 0 Å². The number of H-pyrrole nitrogens is 1. The molecule has 0 aliphatic carbocycles. The fraction of sp³-hybridized carbons (Fsp3) is 0.455. The summed E-state index contributed by atoms with van der Waals surface area (Å²) in [6.45, 7) is 2.89. The van der Waals surface area contributed by atoms with E-state index in [0.717, 1.165) is 40.9 Å². The number of nitrogens with zero attached hydrogens (tertiary/aromatic N) is 2. The third-order valence-electron chi connectivity index (χ3n) is 3.02. The lowest BCUT2D eigenvalue weighted by Gasteiger charge is -2.19. The first kappa shape index (κ1) is 10.2. The summed E-state index contributed by atoms with van der Waals surface area (Å²) < 4.78 is 6.70. The fourth-order valence-electron chi connectivity index (χ4n) is 2.09. The Bertz CT molecular complexity index is 531. The molecular weight excluding hydrogens is 270 g/mol. The number of hydrogen-bond donors (Lipinski definition) is 1. The number of aromatic nitrogens is 3. The lowest BCUT2D eigenvalue weighted by atomic mass is 10.0. The molecule has 0 bridgehead atoms. The van der Waals surface area contributed by atoms with Crippen molar-refractivity contribution in [3.63, 3.8) is 0 Å². The summed E-state index contributed by atoms with van der Waals surface area (Å²) in [6.07, 6.45) is 3.85. The van der Waals surface area contributed by atoms with Gasteiger partial charge >= 0.3 is 0 Å². The quantitative estimate of drug-likeness (QED) is 0.875. The van der Waals surface area contributed by atoms with Crippen molar-refractivity contribution in [2.45, 2.75) is 25.4 Å². The van der Waals surface area contributed by atoms with Crippen LogP contribution in [0.4, 0.5) is 0 Å². The van der Waals surface area contributed by atoms with Crippen molar-refractivity contribution in [1.82, 2.24) is 15.0 Å². The van der Waals surface area contributed by atoms with Gasteiger partial charge in [0, 0.05) is 17.3 Å². The topological polar surface area (TPSA) is 50.8 Å². The molecule has 0 spiro atoms. The van der Waals surface area contributed by atoms with Crippen LogP contribution >= 0.6 is 15.9 Å². The number of aromatic amines is 1. The maximum absolute atomic E-state index is 5.75. The lowest BCUT2D eigenvalue weighted by molar-refractivity contribution is 0.0103. The Morgan fingerprint density at radius 2 is 2.44 bits per heavy atom. The highest BCUT2D eigenvalue weighted by atomic mass is 79.9. The van der Waals surface area contributed by atoms with Gasteiger partial charge in [0.2, 0.25) is 0 Å². The maximum atomic E-state index is 5.75. The van der Waals surface area contributed by atoms with Crippen LogP contribution in [0, 0.1) is 0 Å². The highest BCUT2D eigenvalue weighted by Gasteiger charge is 2.34. The lowest BCUT2D eigenvalue weighted by Crippen LogP contribution is -2.21. The van der Waals surface area contributed by atoms with Crippen molar-refractivity contribution in [2.75, 3.05) is 6.61 Å². The maximum Gasteiger partial charge on any atom is 0.177 e. The van der Waals surface area contributed by atoms with Gasteiger partial charge in [0.05, 0.1) is 5.52 Å². The van der Waals surface area contributed by atoms with Gasteiger partial charge in [0.1, 0.15) is 11.4 Å². The van der Waals surface area contributed by atoms with Gasteiger partial charge in [-0.25, -0.2) is 9.97 Å². The smallest absolute Gasteiger partial charge is 0.177 e. The first-order valence-electron chi connectivity index (χ1n) is 5.33. The van der Waals surface area contributed by atoms with E-state index in [2.05, 4.69) is 37.8 Å². The Morgan fingerprint density at radius 3 is 3.19 bits per heavy atom. The van der Waals surface area contributed by atoms with Gasteiger partial charge < -0.3 is 9.72 Å². The molecule has 0 amide bonds. The van der Waals surface area contributed by atoms with Crippen LogP contribution in [-0.2, 0) is 10.3 Å². The summed E-state index contributed by atoms with van der Waals surface area (Å²) >= 11 is 3.40. The van der Waals surface area contributed by atoms with Crippen molar-refractivity contribution in [3.8, 4) is 0 Å². The molecule has 1 saturated heterocycles. The molecule has 1 fully saturated rings. The van der Waals surface area contributed by atoms with Crippen LogP contribution in [0.1, 0.15) is 25.6 Å². The summed E-state index contributed by atoms with van der Waals surface area (Å²) in [6, 6.07) is 1.98. The molecule has 1 N–H and O–H groups in total. The molecular formula is C11H12BrN3O. The second-order valence-corrected chi connectivity index (χ2v) is 5.21. The van der Waals surface area contributed by atoms with Gasteiger partial charge in [-0.05, 0) is 41.8 Å². The number of ether oxygens (including phenoxy) is 1. The Morgan fingerprint density at radius 1 is 1.56 bits per heavy atom. The molecule has 4 nitrogen and oxygen atoms in total. The van der Waals surface area contributed by atoms with Gasteiger partial charge in [-0.3, -0.25) is 0 Å². The Kier molecular flexibility index (Phi) is 2.26. The van der Waals surface area contributed by atoms with Gasteiger partial charge in [-0.1, -0.05) is 0 Å². The monoisotopic (exact) mass is 281 g/mol. The minimum atomic E-state index is -0.271. The van der Waals surface area contributed by atoms with Crippen LogP contribution in [-0.4, -0.2) is 21.6 Å². The van der Waals surface area contributed by atoms with Crippen LogP contribution in [0.25, 0.3) is 11.2 Å². The second kappa shape index (κ2) is 3.53. The highest BCUT2D eigenvalue weighted by molar-refractivity contribution is 9.10. The molecule has 0 saturated carbocycles. The summed E-state index contributed by atoms with van der Waals surface area (Å²) in [4.78, 5) is 12.0. The summed E-state index contributed by atoms with van der Waals surface area (Å²) in [7, 11) is 0. The number of hydrogen-bond acceptors (Lipinski definition) is 3. The van der Waals surface area contributed by atoms with Crippen LogP contribution in [0.5, 0.6) is 0 Å². The Balaban J connectivity index is 2.11. The number of rotatable bonds is 1. The third kappa shape index (κ3) is 1.55. The summed E-state index contributed by atoms with van der Waals surface area (Å²) in [5.74, 6) is 0.880. The van der Waals surface area contributed by atoms with E-state index in [1.165, 1.54) is 0 Å². The van der Waals surface area contributed by atoms with E-state index in [4.69, 9.17) is 4.74 Å². The van der Waals surface area contributed by atoms with Gasteiger partial charge in [-0.2, -0.15) is 0 Å². The molecule has 2 aromatic heterocycles. The minimum Gasteiger partial charge on any atom is -0.367 e. The average Bonchev–Trinajstić information content (AvgIpc) is 2.84. The highest BCUT2D eigenvalue weighted by Crippen LogP contribution is 2.34. The number of halogens is 1. The molecule has 3 heterocycles.